The number of ether oxygens (including phenoxy) is 1. The lowest BCUT2D eigenvalue weighted by atomic mass is 10.1. The van der Waals surface area contributed by atoms with Crippen LogP contribution in [0.15, 0.2) is 64.4 Å². The van der Waals surface area contributed by atoms with Crippen LogP contribution in [0.3, 0.4) is 0 Å². The molecule has 1 N–H and O–H groups in total. The summed E-state index contributed by atoms with van der Waals surface area (Å²) in [4.78, 5) is 16.8. The van der Waals surface area contributed by atoms with Crippen molar-refractivity contribution in [1.82, 2.24) is 4.98 Å². The number of amides is 1. The molecule has 0 bridgehead atoms. The maximum atomic E-state index is 12.3. The first-order valence-corrected chi connectivity index (χ1v) is 12.5. The summed E-state index contributed by atoms with van der Waals surface area (Å²) in [5, 5.41) is 5.89. The summed E-state index contributed by atoms with van der Waals surface area (Å²) in [6.07, 6.45) is 4.11. The number of carbonyl (C=O) groups is 1. The van der Waals surface area contributed by atoms with Crippen molar-refractivity contribution in [2.24, 2.45) is 0 Å². The molecule has 0 atom stereocenters. The zero-order chi connectivity index (χ0) is 23.6. The monoisotopic (exact) mass is 483 g/mol. The number of hydrogen-bond donors (Lipinski definition) is 1. The Morgan fingerprint density at radius 3 is 2.67 bits per heavy atom. The average molecular weight is 484 g/mol. The molecule has 4 rings (SSSR count). The molecule has 0 aliphatic carbocycles. The molecule has 0 spiro atoms. The van der Waals surface area contributed by atoms with Crippen molar-refractivity contribution in [2.45, 2.75) is 0 Å². The maximum Gasteiger partial charge on any atom is 0.250 e. The van der Waals surface area contributed by atoms with Gasteiger partial charge < -0.3 is 9.15 Å². The lowest BCUT2D eigenvalue weighted by molar-refractivity contribution is -0.111. The molecule has 8 nitrogen and oxygen atoms in total. The van der Waals surface area contributed by atoms with Crippen molar-refractivity contribution in [3.8, 4) is 17.0 Å². The molecular formula is C23H21N3O5S2. The third kappa shape index (κ3) is 5.07. The normalized spacial score (nSPS) is 11.7. The lowest BCUT2D eigenvalue weighted by Gasteiger charge is -2.16. The van der Waals surface area contributed by atoms with Crippen LogP contribution in [0.25, 0.3) is 28.3 Å². The quantitative estimate of drug-likeness (QED) is 0.385. The first-order valence-electron chi connectivity index (χ1n) is 9.80. The lowest BCUT2D eigenvalue weighted by Crippen LogP contribution is -2.24. The van der Waals surface area contributed by atoms with Crippen molar-refractivity contribution in [2.75, 3.05) is 30.0 Å². The maximum absolute atomic E-state index is 12.3. The molecule has 0 unspecified atom stereocenters. The molecule has 0 radical (unpaired) electrons. The zero-order valence-electron chi connectivity index (χ0n) is 18.1. The largest absolute Gasteiger partial charge is 0.493 e. The van der Waals surface area contributed by atoms with Gasteiger partial charge in [-0.25, -0.2) is 13.4 Å². The van der Waals surface area contributed by atoms with E-state index in [0.29, 0.717) is 33.6 Å². The topological polar surface area (TPSA) is 102 Å². The van der Waals surface area contributed by atoms with Crippen molar-refractivity contribution >= 4 is 55.1 Å². The van der Waals surface area contributed by atoms with Crippen molar-refractivity contribution < 1.29 is 22.4 Å². The number of furan rings is 1. The van der Waals surface area contributed by atoms with Gasteiger partial charge in [0.2, 0.25) is 15.9 Å². The van der Waals surface area contributed by atoms with Crippen LogP contribution in [0, 0.1) is 0 Å². The van der Waals surface area contributed by atoms with Crippen molar-refractivity contribution in [3.05, 3.63) is 65.7 Å². The Bertz CT molecular complexity index is 1440. The van der Waals surface area contributed by atoms with E-state index in [9.17, 15) is 13.2 Å². The molecule has 0 saturated carbocycles. The molecule has 2 aromatic heterocycles. The van der Waals surface area contributed by atoms with Crippen LogP contribution in [-0.4, -0.2) is 39.7 Å². The van der Waals surface area contributed by atoms with Crippen LogP contribution in [0.2, 0.25) is 0 Å². The Labute approximate surface area is 195 Å². The Hall–Kier alpha value is -3.63. The van der Waals surface area contributed by atoms with Gasteiger partial charge in [-0.1, -0.05) is 24.3 Å². The summed E-state index contributed by atoms with van der Waals surface area (Å²) < 4.78 is 35.6. The molecule has 10 heteroatoms. The van der Waals surface area contributed by atoms with Gasteiger partial charge in [0, 0.05) is 29.5 Å². The smallest absolute Gasteiger partial charge is 0.250 e. The zero-order valence-corrected chi connectivity index (χ0v) is 19.7. The fourth-order valence-electron chi connectivity index (χ4n) is 3.10. The first-order chi connectivity index (χ1) is 15.7. The van der Waals surface area contributed by atoms with Crippen LogP contribution < -0.4 is 14.4 Å². The van der Waals surface area contributed by atoms with E-state index in [1.807, 2.05) is 29.6 Å². The number of carbonyl (C=O) groups excluding carboxylic acids is 1. The van der Waals surface area contributed by atoms with Gasteiger partial charge >= 0.3 is 0 Å². The van der Waals surface area contributed by atoms with Gasteiger partial charge in [0.1, 0.15) is 5.76 Å². The van der Waals surface area contributed by atoms with Crippen LogP contribution >= 0.6 is 11.3 Å². The van der Waals surface area contributed by atoms with Crippen LogP contribution in [0.5, 0.6) is 5.75 Å². The molecule has 33 heavy (non-hydrogen) atoms. The van der Waals surface area contributed by atoms with Crippen LogP contribution in [-0.2, 0) is 14.8 Å². The molecule has 0 fully saturated rings. The minimum atomic E-state index is -3.33. The SMILES string of the molecule is COc1cccc2cc(/C=C/C(=O)Nc3nc(-c4ccc(N(C)S(C)(=O)=O)cc4)cs3)oc12. The Morgan fingerprint density at radius 2 is 1.97 bits per heavy atom. The number of rotatable bonds is 7. The second-order valence-corrected chi connectivity index (χ2v) is 10.0. The number of methoxy groups -OCH3 is 1. The van der Waals surface area contributed by atoms with E-state index < -0.39 is 10.0 Å². The number of nitrogens with zero attached hydrogens (tertiary/aromatic N) is 2. The molecular weight excluding hydrogens is 462 g/mol. The van der Waals surface area contributed by atoms with Crippen LogP contribution in [0.4, 0.5) is 10.8 Å². The van der Waals surface area contributed by atoms with E-state index in [4.69, 9.17) is 9.15 Å². The molecule has 170 valence electrons. The second kappa shape index (κ2) is 9.08. The summed E-state index contributed by atoms with van der Waals surface area (Å²) in [6, 6.07) is 14.4. The Balaban J connectivity index is 1.43. The Morgan fingerprint density at radius 1 is 1.21 bits per heavy atom. The molecule has 2 heterocycles. The predicted molar refractivity (Wildman–Crippen MR) is 131 cm³/mol. The molecule has 4 aromatic rings. The second-order valence-electron chi connectivity index (χ2n) is 7.17. The number of fused-ring (bicyclic) bond motifs is 1. The summed E-state index contributed by atoms with van der Waals surface area (Å²) in [7, 11) is -0.256. The number of thiazole rings is 1. The van der Waals surface area contributed by atoms with E-state index >= 15 is 0 Å². The predicted octanol–water partition coefficient (Wildman–Crippen LogP) is 4.61. The summed E-state index contributed by atoms with van der Waals surface area (Å²) in [6.45, 7) is 0. The van der Waals surface area contributed by atoms with E-state index in [0.717, 1.165) is 17.2 Å². The van der Waals surface area contributed by atoms with Crippen LogP contribution in [0.1, 0.15) is 5.76 Å². The minimum Gasteiger partial charge on any atom is -0.493 e. The number of anilines is 2. The summed E-state index contributed by atoms with van der Waals surface area (Å²) in [5.41, 5.74) is 2.66. The van der Waals surface area contributed by atoms with Gasteiger partial charge in [0.15, 0.2) is 16.5 Å². The molecule has 0 aliphatic heterocycles. The van der Waals surface area contributed by atoms with E-state index in [-0.39, 0.29) is 5.91 Å². The molecule has 1 amide bonds. The van der Waals surface area contributed by atoms with Gasteiger partial charge in [-0.3, -0.25) is 14.4 Å². The first kappa shape index (κ1) is 22.6. The highest BCUT2D eigenvalue weighted by Gasteiger charge is 2.13. The molecule has 0 saturated heterocycles. The standard InChI is InChI=1S/C23H21N3O5S2/c1-26(33(3,28)29)17-9-7-15(8-10-17)19-14-32-23(24-19)25-21(27)12-11-18-13-16-5-4-6-20(30-2)22(16)31-18/h4-14H,1-3H3,(H,24,25,27)/b12-11+. The highest BCUT2D eigenvalue weighted by Crippen LogP contribution is 2.29. The van der Waals surface area contributed by atoms with Gasteiger partial charge in [-0.15, -0.1) is 11.3 Å². The number of para-hydroxylation sites is 1. The van der Waals surface area contributed by atoms with Crippen molar-refractivity contribution in [3.63, 3.8) is 0 Å². The average Bonchev–Trinajstić information content (AvgIpc) is 3.43. The van der Waals surface area contributed by atoms with Crippen molar-refractivity contribution in [1.29, 1.82) is 0 Å². The van der Waals surface area contributed by atoms with Gasteiger partial charge in [0.05, 0.1) is 24.7 Å². The van der Waals surface area contributed by atoms with Gasteiger partial charge in [-0.2, -0.15) is 0 Å². The Kier molecular flexibility index (Phi) is 6.21. The minimum absolute atomic E-state index is 0.339. The summed E-state index contributed by atoms with van der Waals surface area (Å²) >= 11 is 1.29. The number of benzene rings is 2. The number of sulfonamides is 1. The molecule has 0 aliphatic rings. The third-order valence-corrected chi connectivity index (χ3v) is 6.87. The number of nitrogens with one attached hydrogen (secondary N) is 1. The third-order valence-electron chi connectivity index (χ3n) is 4.90. The number of aromatic nitrogens is 1. The van der Waals surface area contributed by atoms with E-state index in [1.54, 1.807) is 37.5 Å². The van der Waals surface area contributed by atoms with E-state index in [1.165, 1.54) is 28.8 Å². The van der Waals surface area contributed by atoms with Gasteiger partial charge in [-0.05, 0) is 30.3 Å². The highest BCUT2D eigenvalue weighted by atomic mass is 32.2. The van der Waals surface area contributed by atoms with Gasteiger partial charge in [0.25, 0.3) is 0 Å². The highest BCUT2D eigenvalue weighted by molar-refractivity contribution is 7.92. The fraction of sp³-hybridized carbons (Fsp3) is 0.130. The number of hydrogen-bond acceptors (Lipinski definition) is 7. The molecule has 2 aromatic carbocycles. The summed E-state index contributed by atoms with van der Waals surface area (Å²) in [5.74, 6) is 0.819. The van der Waals surface area contributed by atoms with E-state index in [2.05, 4.69) is 10.3 Å². The fourth-order valence-corrected chi connectivity index (χ4v) is 4.33.